The van der Waals surface area contributed by atoms with Gasteiger partial charge in [-0.25, -0.2) is 4.68 Å². The van der Waals surface area contributed by atoms with E-state index in [2.05, 4.69) is 22.4 Å². The van der Waals surface area contributed by atoms with Gasteiger partial charge in [-0.1, -0.05) is 6.07 Å². The zero-order valence-electron chi connectivity index (χ0n) is 12.4. The first-order valence-corrected chi connectivity index (χ1v) is 6.91. The van der Waals surface area contributed by atoms with E-state index < -0.39 is 0 Å². The van der Waals surface area contributed by atoms with E-state index in [4.69, 9.17) is 15.2 Å². The summed E-state index contributed by atoms with van der Waals surface area (Å²) in [6, 6.07) is 5.50. The van der Waals surface area contributed by atoms with Crippen LogP contribution < -0.4 is 10.5 Å². The molecule has 3 rings (SSSR count). The third-order valence-corrected chi connectivity index (χ3v) is 4.31. The molecule has 2 unspecified atom stereocenters. The number of nitrogens with zero attached hydrogens (tertiary/aromatic N) is 4. The van der Waals surface area contributed by atoms with Crippen LogP contribution >= 0.6 is 0 Å². The topological polar surface area (TPSA) is 88.1 Å². The van der Waals surface area contributed by atoms with E-state index in [1.165, 1.54) is 0 Å². The Morgan fingerprint density at radius 2 is 2.29 bits per heavy atom. The highest BCUT2D eigenvalue weighted by Crippen LogP contribution is 2.39. The van der Waals surface area contributed by atoms with Crippen molar-refractivity contribution in [3.8, 4) is 17.1 Å². The molecule has 1 aliphatic heterocycles. The maximum Gasteiger partial charge on any atom is 0.188 e. The zero-order valence-corrected chi connectivity index (χ0v) is 12.4. The highest BCUT2D eigenvalue weighted by molar-refractivity contribution is 5.77. The second-order valence-corrected chi connectivity index (χ2v) is 5.46. The smallest absolute Gasteiger partial charge is 0.188 e. The van der Waals surface area contributed by atoms with Crippen molar-refractivity contribution in [2.75, 3.05) is 19.5 Å². The number of hydrogen-bond donors (Lipinski definition) is 1. The van der Waals surface area contributed by atoms with Crippen molar-refractivity contribution >= 4 is 5.69 Å². The molecule has 21 heavy (non-hydrogen) atoms. The number of nitrogens with two attached hydrogens (primary N) is 1. The van der Waals surface area contributed by atoms with Crippen LogP contribution in [0.3, 0.4) is 0 Å². The van der Waals surface area contributed by atoms with E-state index in [0.29, 0.717) is 29.4 Å². The molecule has 2 heterocycles. The van der Waals surface area contributed by atoms with Crippen LogP contribution in [-0.4, -0.2) is 40.0 Å². The van der Waals surface area contributed by atoms with E-state index in [0.717, 1.165) is 6.42 Å². The third-order valence-electron chi connectivity index (χ3n) is 4.31. The van der Waals surface area contributed by atoms with Crippen LogP contribution in [0.5, 0.6) is 5.75 Å². The molecule has 0 amide bonds. The lowest BCUT2D eigenvalue weighted by Gasteiger charge is -2.28. The first-order chi connectivity index (χ1) is 10.1. The second-order valence-electron chi connectivity index (χ2n) is 5.46. The maximum atomic E-state index is 6.11. The molecular formula is C14H19N5O2. The van der Waals surface area contributed by atoms with Crippen LogP contribution in [0.25, 0.3) is 11.4 Å². The summed E-state index contributed by atoms with van der Waals surface area (Å²) in [4.78, 5) is 0. The monoisotopic (exact) mass is 289 g/mol. The minimum atomic E-state index is -0.299. The van der Waals surface area contributed by atoms with Gasteiger partial charge in [0.15, 0.2) is 5.82 Å². The van der Waals surface area contributed by atoms with Gasteiger partial charge in [-0.15, -0.1) is 5.10 Å². The number of aromatic nitrogens is 4. The number of nitrogen functional groups attached to an aromatic ring is 1. The molecule has 0 aliphatic carbocycles. The van der Waals surface area contributed by atoms with Crippen molar-refractivity contribution in [3.05, 3.63) is 18.2 Å². The van der Waals surface area contributed by atoms with Gasteiger partial charge in [-0.3, -0.25) is 0 Å². The molecular weight excluding hydrogens is 270 g/mol. The number of rotatable bonds is 3. The number of benzene rings is 1. The first-order valence-electron chi connectivity index (χ1n) is 6.91. The maximum absolute atomic E-state index is 6.11. The van der Waals surface area contributed by atoms with Gasteiger partial charge in [0, 0.05) is 12.3 Å². The Balaban J connectivity index is 2.17. The lowest BCUT2D eigenvalue weighted by Crippen LogP contribution is -2.38. The van der Waals surface area contributed by atoms with Crippen LogP contribution in [-0.2, 0) is 10.3 Å². The van der Waals surface area contributed by atoms with E-state index in [1.807, 2.05) is 25.1 Å². The van der Waals surface area contributed by atoms with Gasteiger partial charge in [0.2, 0.25) is 0 Å². The standard InChI is InChI=1S/C14H19N5O2/c1-9-14(2,7-8-21-9)19-13(16-17-18-19)12-10(15)5-4-6-11(12)20-3/h4-6,9H,7-8,15H2,1-3H3. The Hall–Kier alpha value is -2.15. The van der Waals surface area contributed by atoms with Crippen molar-refractivity contribution in [1.82, 2.24) is 20.2 Å². The van der Waals surface area contributed by atoms with Crippen molar-refractivity contribution < 1.29 is 9.47 Å². The Bertz CT molecular complexity index is 657. The molecule has 2 N–H and O–H groups in total. The largest absolute Gasteiger partial charge is 0.496 e. The van der Waals surface area contributed by atoms with E-state index in [9.17, 15) is 0 Å². The summed E-state index contributed by atoms with van der Waals surface area (Å²) in [5.74, 6) is 1.26. The van der Waals surface area contributed by atoms with Crippen LogP contribution in [0, 0.1) is 0 Å². The quantitative estimate of drug-likeness (QED) is 0.860. The Kier molecular flexibility index (Phi) is 3.29. The van der Waals surface area contributed by atoms with E-state index >= 15 is 0 Å². The minimum Gasteiger partial charge on any atom is -0.496 e. The highest BCUT2D eigenvalue weighted by atomic mass is 16.5. The first kappa shape index (κ1) is 13.8. The molecule has 0 bridgehead atoms. The molecule has 2 aromatic rings. The van der Waals surface area contributed by atoms with Crippen LogP contribution in [0.15, 0.2) is 18.2 Å². The van der Waals surface area contributed by atoms with Gasteiger partial charge in [0.1, 0.15) is 5.75 Å². The summed E-state index contributed by atoms with van der Waals surface area (Å²) in [7, 11) is 1.61. The van der Waals surface area contributed by atoms with Crippen LogP contribution in [0.4, 0.5) is 5.69 Å². The SMILES string of the molecule is COc1cccc(N)c1-c1nnnn1C1(C)CCOC1C. The molecule has 1 aromatic heterocycles. The zero-order chi connectivity index (χ0) is 15.0. The minimum absolute atomic E-state index is 0.0238. The number of tetrazole rings is 1. The Morgan fingerprint density at radius 3 is 2.95 bits per heavy atom. The summed E-state index contributed by atoms with van der Waals surface area (Å²) < 4.78 is 12.9. The molecule has 1 aliphatic rings. The molecule has 112 valence electrons. The van der Waals surface area contributed by atoms with Gasteiger partial charge in [-0.2, -0.15) is 0 Å². The summed E-state index contributed by atoms with van der Waals surface area (Å²) in [6.07, 6.45) is 0.872. The fraction of sp³-hybridized carbons (Fsp3) is 0.500. The van der Waals surface area contributed by atoms with Crippen molar-refractivity contribution in [2.24, 2.45) is 0 Å². The normalized spacial score (nSPS) is 25.2. The predicted octanol–water partition coefficient (Wildman–Crippen LogP) is 1.45. The van der Waals surface area contributed by atoms with Gasteiger partial charge >= 0.3 is 0 Å². The third kappa shape index (κ3) is 2.04. The molecule has 0 spiro atoms. The molecule has 7 nitrogen and oxygen atoms in total. The summed E-state index contributed by atoms with van der Waals surface area (Å²) in [5.41, 5.74) is 7.11. The summed E-state index contributed by atoms with van der Waals surface area (Å²) in [5, 5.41) is 12.2. The van der Waals surface area contributed by atoms with Crippen molar-refractivity contribution in [2.45, 2.75) is 31.9 Å². The van der Waals surface area contributed by atoms with E-state index in [1.54, 1.807) is 11.8 Å². The Labute approximate surface area is 123 Å². The fourth-order valence-corrected chi connectivity index (χ4v) is 2.75. The van der Waals surface area contributed by atoms with E-state index in [-0.39, 0.29) is 11.6 Å². The number of anilines is 1. The molecule has 1 aromatic carbocycles. The Morgan fingerprint density at radius 1 is 1.48 bits per heavy atom. The van der Waals surface area contributed by atoms with Crippen LogP contribution in [0.1, 0.15) is 20.3 Å². The molecule has 2 atom stereocenters. The van der Waals surface area contributed by atoms with Gasteiger partial charge < -0.3 is 15.2 Å². The van der Waals surface area contributed by atoms with Gasteiger partial charge in [0.05, 0.1) is 24.3 Å². The average molecular weight is 289 g/mol. The van der Waals surface area contributed by atoms with Gasteiger partial charge in [-0.05, 0) is 42.8 Å². The molecule has 1 fully saturated rings. The average Bonchev–Trinajstić information content (AvgIpc) is 3.07. The predicted molar refractivity (Wildman–Crippen MR) is 77.9 cm³/mol. The summed E-state index contributed by atoms with van der Waals surface area (Å²) in [6.45, 7) is 4.82. The molecule has 0 radical (unpaired) electrons. The fourth-order valence-electron chi connectivity index (χ4n) is 2.75. The second kappa shape index (κ2) is 5.00. The lowest BCUT2D eigenvalue weighted by molar-refractivity contribution is 0.0706. The van der Waals surface area contributed by atoms with Crippen molar-refractivity contribution in [1.29, 1.82) is 0 Å². The summed E-state index contributed by atoms with van der Waals surface area (Å²) >= 11 is 0. The molecule has 1 saturated heterocycles. The van der Waals surface area contributed by atoms with Gasteiger partial charge in [0.25, 0.3) is 0 Å². The lowest BCUT2D eigenvalue weighted by atomic mass is 9.94. The number of hydrogen-bond acceptors (Lipinski definition) is 6. The molecule has 0 saturated carbocycles. The van der Waals surface area contributed by atoms with Crippen LogP contribution in [0.2, 0.25) is 0 Å². The van der Waals surface area contributed by atoms with Crippen molar-refractivity contribution in [3.63, 3.8) is 0 Å². The number of methoxy groups -OCH3 is 1. The number of ether oxygens (including phenoxy) is 2. The highest BCUT2D eigenvalue weighted by Gasteiger charge is 2.42. The molecule has 7 heteroatoms.